The summed E-state index contributed by atoms with van der Waals surface area (Å²) in [5.74, 6) is -1.10. The van der Waals surface area contributed by atoms with Gasteiger partial charge in [-0.1, -0.05) is 40.5 Å². The average Bonchev–Trinajstić information content (AvgIpc) is 3.00. The van der Waals surface area contributed by atoms with Crippen LogP contribution in [0.25, 0.3) is 11.0 Å². The largest absolute Gasteiger partial charge is 0.452 e. The summed E-state index contributed by atoms with van der Waals surface area (Å²) in [5, 5.41) is 7.93. The number of halogens is 2. The molecular weight excluding hydrogens is 379 g/mol. The van der Waals surface area contributed by atoms with E-state index >= 15 is 0 Å². The van der Waals surface area contributed by atoms with E-state index in [0.717, 1.165) is 5.39 Å². The van der Waals surface area contributed by atoms with Crippen LogP contribution in [-0.4, -0.2) is 23.1 Å². The van der Waals surface area contributed by atoms with Crippen molar-refractivity contribution in [1.29, 1.82) is 0 Å². The van der Waals surface area contributed by atoms with E-state index in [1.807, 2.05) is 12.1 Å². The summed E-state index contributed by atoms with van der Waals surface area (Å²) >= 11 is 11.8. The van der Waals surface area contributed by atoms with Crippen molar-refractivity contribution in [2.45, 2.75) is 19.4 Å². The molecule has 1 aromatic heterocycles. The summed E-state index contributed by atoms with van der Waals surface area (Å²) in [7, 11) is 0. The van der Waals surface area contributed by atoms with Gasteiger partial charge in [-0.15, -0.1) is 0 Å². The highest BCUT2D eigenvalue weighted by Crippen LogP contribution is 2.25. The zero-order valence-electron chi connectivity index (χ0n) is 13.7. The molecule has 1 heterocycles. The molecule has 3 rings (SSSR count). The van der Waals surface area contributed by atoms with Crippen LogP contribution in [-0.2, 0) is 20.7 Å². The second-order valence-corrected chi connectivity index (χ2v) is 6.39. The number of nitrogens with zero attached hydrogens (tertiary/aromatic N) is 1. The summed E-state index contributed by atoms with van der Waals surface area (Å²) in [6, 6.07) is 11.8. The van der Waals surface area contributed by atoms with Gasteiger partial charge >= 0.3 is 5.97 Å². The molecule has 0 aliphatic heterocycles. The van der Waals surface area contributed by atoms with Gasteiger partial charge in [0.2, 0.25) is 0 Å². The number of rotatable bonds is 5. The van der Waals surface area contributed by atoms with E-state index < -0.39 is 18.0 Å². The molecule has 0 fully saturated rings. The minimum Gasteiger partial charge on any atom is -0.452 e. The number of fused-ring (bicyclic) bond motifs is 1. The predicted octanol–water partition coefficient (Wildman–Crippen LogP) is 4.25. The number of carbonyl (C=O) groups excluding carboxylic acids is 2. The van der Waals surface area contributed by atoms with Gasteiger partial charge in [0.05, 0.1) is 17.1 Å². The van der Waals surface area contributed by atoms with Gasteiger partial charge < -0.3 is 14.6 Å². The smallest absolute Gasteiger partial charge is 0.312 e. The molecule has 8 heteroatoms. The van der Waals surface area contributed by atoms with Crippen molar-refractivity contribution < 1.29 is 18.8 Å². The lowest BCUT2D eigenvalue weighted by molar-refractivity contribution is -0.152. The first kappa shape index (κ1) is 18.2. The van der Waals surface area contributed by atoms with Crippen LogP contribution in [0.1, 0.15) is 12.6 Å². The van der Waals surface area contributed by atoms with Gasteiger partial charge in [-0.25, -0.2) is 0 Å². The van der Waals surface area contributed by atoms with Crippen LogP contribution < -0.4 is 5.32 Å². The normalized spacial score (nSPS) is 12.0. The maximum Gasteiger partial charge on any atom is 0.312 e. The molecule has 0 saturated carbocycles. The number of anilines is 1. The number of para-hydroxylation sites is 1. The average molecular weight is 393 g/mol. The predicted molar refractivity (Wildman–Crippen MR) is 98.4 cm³/mol. The van der Waals surface area contributed by atoms with E-state index in [0.29, 0.717) is 27.0 Å². The zero-order chi connectivity index (χ0) is 18.7. The Labute approximate surface area is 159 Å². The zero-order valence-corrected chi connectivity index (χ0v) is 15.2. The first-order chi connectivity index (χ1) is 12.4. The van der Waals surface area contributed by atoms with Crippen LogP contribution in [0.2, 0.25) is 10.0 Å². The molecule has 0 aliphatic rings. The van der Waals surface area contributed by atoms with Crippen molar-refractivity contribution in [1.82, 2.24) is 5.16 Å². The van der Waals surface area contributed by atoms with Crippen molar-refractivity contribution in [3.63, 3.8) is 0 Å². The van der Waals surface area contributed by atoms with Crippen LogP contribution in [0.5, 0.6) is 0 Å². The Hall–Kier alpha value is -2.57. The lowest BCUT2D eigenvalue weighted by Gasteiger charge is -2.14. The highest BCUT2D eigenvalue weighted by molar-refractivity contribution is 6.36. The van der Waals surface area contributed by atoms with Crippen molar-refractivity contribution in [3.05, 3.63) is 58.2 Å². The van der Waals surface area contributed by atoms with Crippen molar-refractivity contribution in [2.75, 3.05) is 5.32 Å². The van der Waals surface area contributed by atoms with Gasteiger partial charge in [0.15, 0.2) is 11.7 Å². The highest BCUT2D eigenvalue weighted by atomic mass is 35.5. The quantitative estimate of drug-likeness (QED) is 0.656. The van der Waals surface area contributed by atoms with Gasteiger partial charge in [0.25, 0.3) is 5.91 Å². The second-order valence-electron chi connectivity index (χ2n) is 5.55. The molecule has 0 radical (unpaired) electrons. The molecule has 1 N–H and O–H groups in total. The number of hydrogen-bond acceptors (Lipinski definition) is 5. The van der Waals surface area contributed by atoms with E-state index in [1.54, 1.807) is 24.3 Å². The van der Waals surface area contributed by atoms with E-state index in [9.17, 15) is 9.59 Å². The molecule has 3 aromatic rings. The number of carbonyl (C=O) groups is 2. The van der Waals surface area contributed by atoms with E-state index in [1.165, 1.54) is 13.0 Å². The maximum atomic E-state index is 12.2. The lowest BCUT2D eigenvalue weighted by atomic mass is 10.2. The number of amides is 1. The molecule has 0 spiro atoms. The summed E-state index contributed by atoms with van der Waals surface area (Å²) in [4.78, 5) is 24.3. The molecule has 0 saturated heterocycles. The fourth-order valence-corrected chi connectivity index (χ4v) is 2.78. The fourth-order valence-electron chi connectivity index (χ4n) is 2.32. The number of hydrogen-bond donors (Lipinski definition) is 1. The van der Waals surface area contributed by atoms with E-state index in [-0.39, 0.29) is 6.42 Å². The Balaban J connectivity index is 1.60. The van der Waals surface area contributed by atoms with Gasteiger partial charge in [-0.05, 0) is 37.3 Å². The number of ether oxygens (including phenoxy) is 1. The number of benzene rings is 2. The Morgan fingerprint density at radius 3 is 2.77 bits per heavy atom. The minimum absolute atomic E-state index is 0.101. The first-order valence-corrected chi connectivity index (χ1v) is 8.48. The molecule has 2 aromatic carbocycles. The molecule has 1 amide bonds. The Morgan fingerprint density at radius 2 is 2.00 bits per heavy atom. The topological polar surface area (TPSA) is 81.4 Å². The maximum absolute atomic E-state index is 12.2. The monoisotopic (exact) mass is 392 g/mol. The summed E-state index contributed by atoms with van der Waals surface area (Å²) in [6.45, 7) is 1.47. The second kappa shape index (κ2) is 7.76. The van der Waals surface area contributed by atoms with Crippen molar-refractivity contribution >= 4 is 51.7 Å². The van der Waals surface area contributed by atoms with Crippen molar-refractivity contribution in [2.24, 2.45) is 0 Å². The summed E-state index contributed by atoms with van der Waals surface area (Å²) in [5.41, 5.74) is 1.42. The summed E-state index contributed by atoms with van der Waals surface area (Å²) in [6.07, 6.45) is -1.11. The Morgan fingerprint density at radius 1 is 1.23 bits per heavy atom. The molecule has 134 valence electrons. The van der Waals surface area contributed by atoms with Gasteiger partial charge in [-0.3, -0.25) is 9.59 Å². The Bertz CT molecular complexity index is 971. The molecule has 0 aliphatic carbocycles. The number of nitrogens with one attached hydrogen (secondary N) is 1. The fraction of sp³-hybridized carbons (Fsp3) is 0.167. The van der Waals surface area contributed by atoms with Gasteiger partial charge in [-0.2, -0.15) is 0 Å². The molecule has 0 bridgehead atoms. The van der Waals surface area contributed by atoms with Crippen LogP contribution in [0.4, 0.5) is 5.69 Å². The van der Waals surface area contributed by atoms with Crippen LogP contribution in [0.15, 0.2) is 47.0 Å². The van der Waals surface area contributed by atoms with E-state index in [4.69, 9.17) is 32.5 Å². The molecule has 1 atom stereocenters. The molecule has 26 heavy (non-hydrogen) atoms. The lowest BCUT2D eigenvalue weighted by Crippen LogP contribution is -2.30. The van der Waals surface area contributed by atoms with Crippen LogP contribution in [0.3, 0.4) is 0 Å². The SMILES string of the molecule is C[C@@H](OC(=O)Cc1noc2ccccc12)C(=O)Nc1ccc(Cl)cc1Cl. The third-order valence-corrected chi connectivity index (χ3v) is 4.18. The third kappa shape index (κ3) is 4.15. The molecule has 6 nitrogen and oxygen atoms in total. The molecule has 0 unspecified atom stereocenters. The number of aromatic nitrogens is 1. The highest BCUT2D eigenvalue weighted by Gasteiger charge is 2.21. The Kier molecular flexibility index (Phi) is 5.44. The standard InChI is InChI=1S/C18H14Cl2N2O4/c1-10(18(24)21-14-7-6-11(19)8-13(14)20)25-17(23)9-15-12-4-2-3-5-16(12)26-22-15/h2-8,10H,9H2,1H3,(H,21,24)/t10-/m1/s1. The molecular formula is C18H14Cl2N2O4. The first-order valence-electron chi connectivity index (χ1n) is 7.72. The van der Waals surface area contributed by atoms with Gasteiger partial charge in [0, 0.05) is 10.4 Å². The van der Waals surface area contributed by atoms with Crippen LogP contribution in [0, 0.1) is 0 Å². The third-order valence-electron chi connectivity index (χ3n) is 3.63. The van der Waals surface area contributed by atoms with Crippen molar-refractivity contribution in [3.8, 4) is 0 Å². The minimum atomic E-state index is -1.01. The van der Waals surface area contributed by atoms with E-state index in [2.05, 4.69) is 10.5 Å². The van der Waals surface area contributed by atoms with Crippen LogP contribution >= 0.6 is 23.2 Å². The van der Waals surface area contributed by atoms with Gasteiger partial charge in [0.1, 0.15) is 5.69 Å². The summed E-state index contributed by atoms with van der Waals surface area (Å²) < 4.78 is 10.3. The number of esters is 1.